The Bertz CT molecular complexity index is 1060. The molecule has 0 radical (unpaired) electrons. The van der Waals surface area contributed by atoms with Gasteiger partial charge in [0.25, 0.3) is 0 Å². The van der Waals surface area contributed by atoms with Crippen molar-refractivity contribution in [2.24, 2.45) is 0 Å². The predicted octanol–water partition coefficient (Wildman–Crippen LogP) is 3.59. The summed E-state index contributed by atoms with van der Waals surface area (Å²) in [4.78, 5) is 13.2. The van der Waals surface area contributed by atoms with Crippen molar-refractivity contribution in [3.8, 4) is 11.1 Å². The van der Waals surface area contributed by atoms with E-state index in [0.29, 0.717) is 0 Å². The third kappa shape index (κ3) is 2.80. The van der Waals surface area contributed by atoms with E-state index in [1.807, 2.05) is 56.3 Å². The van der Waals surface area contributed by atoms with Crippen LogP contribution in [0.5, 0.6) is 0 Å². The van der Waals surface area contributed by atoms with Gasteiger partial charge in [-0.15, -0.1) is 0 Å². The minimum atomic E-state index is -0.992. The predicted molar refractivity (Wildman–Crippen MR) is 111 cm³/mol. The highest BCUT2D eigenvalue weighted by atomic mass is 16.5. The van der Waals surface area contributed by atoms with Crippen LogP contribution in [0.1, 0.15) is 43.6 Å². The fourth-order valence-electron chi connectivity index (χ4n) is 3.52. The third-order valence-electron chi connectivity index (χ3n) is 5.88. The molecule has 1 aliphatic carbocycles. The lowest BCUT2D eigenvalue weighted by molar-refractivity contribution is -0.0893. The lowest BCUT2D eigenvalue weighted by Crippen LogP contribution is -2.49. The van der Waals surface area contributed by atoms with E-state index in [9.17, 15) is 9.90 Å². The Balaban J connectivity index is 1.80. The maximum absolute atomic E-state index is 13.2. The molecule has 0 bridgehead atoms. The molecule has 0 unspecified atom stereocenters. The van der Waals surface area contributed by atoms with E-state index in [2.05, 4.69) is 12.1 Å². The summed E-state index contributed by atoms with van der Waals surface area (Å²) >= 11 is 0. The molecule has 3 nitrogen and oxygen atoms in total. The second-order valence-electron chi connectivity index (χ2n) is 8.24. The number of hydrogen-bond donors (Lipinski definition) is 1. The SMILES string of the molecule is CC(C)(O)C(C)(C)OBc1cccc2c1C(=O)c1ccc3ccccc3c1-2. The van der Waals surface area contributed by atoms with Gasteiger partial charge >= 0.3 is 7.48 Å². The van der Waals surface area contributed by atoms with E-state index < -0.39 is 11.2 Å². The number of fused-ring (bicyclic) bond motifs is 5. The molecule has 0 fully saturated rings. The lowest BCUT2D eigenvalue weighted by atomic mass is 9.79. The second kappa shape index (κ2) is 6.05. The zero-order valence-corrected chi connectivity index (χ0v) is 16.2. The molecule has 3 aromatic rings. The second-order valence-corrected chi connectivity index (χ2v) is 8.24. The summed E-state index contributed by atoms with van der Waals surface area (Å²) in [6.07, 6.45) is 0. The number of carbonyl (C=O) groups is 1. The maximum Gasteiger partial charge on any atom is 0.310 e. The van der Waals surface area contributed by atoms with Gasteiger partial charge in [0.1, 0.15) is 0 Å². The van der Waals surface area contributed by atoms with E-state index in [1.165, 1.54) is 0 Å². The molecule has 3 aromatic carbocycles. The monoisotopic (exact) mass is 358 g/mol. The van der Waals surface area contributed by atoms with Crippen molar-refractivity contribution in [1.82, 2.24) is 0 Å². The molecule has 0 amide bonds. The molecule has 1 aliphatic rings. The fourth-order valence-corrected chi connectivity index (χ4v) is 3.52. The molecule has 4 rings (SSSR count). The number of rotatable bonds is 4. The highest BCUT2D eigenvalue weighted by Crippen LogP contribution is 2.40. The van der Waals surface area contributed by atoms with Crippen molar-refractivity contribution >= 4 is 29.5 Å². The standard InChI is InChI=1S/C23H23BO3/c1-22(2,26)23(3,4)27-24-18-11-7-10-16-19-15-9-6-5-8-14(15)12-13-17(19)21(25)20(16)18/h5-13,24,26H,1-4H3. The van der Waals surface area contributed by atoms with Crippen LogP contribution in [0.3, 0.4) is 0 Å². The van der Waals surface area contributed by atoms with E-state index in [0.717, 1.165) is 38.5 Å². The van der Waals surface area contributed by atoms with Crippen molar-refractivity contribution in [1.29, 1.82) is 0 Å². The summed E-state index contributed by atoms with van der Waals surface area (Å²) in [5.41, 5.74) is 2.57. The number of ketones is 1. The molecule has 0 aliphatic heterocycles. The molecule has 4 heteroatoms. The molecule has 0 saturated carbocycles. The quantitative estimate of drug-likeness (QED) is 0.567. The average molecular weight is 358 g/mol. The zero-order valence-electron chi connectivity index (χ0n) is 16.2. The Morgan fingerprint density at radius 1 is 0.852 bits per heavy atom. The van der Waals surface area contributed by atoms with Crippen LogP contribution in [0, 0.1) is 0 Å². The Morgan fingerprint density at radius 2 is 1.59 bits per heavy atom. The summed E-state index contributed by atoms with van der Waals surface area (Å²) in [5.74, 6) is 0.0472. The van der Waals surface area contributed by atoms with Crippen LogP contribution >= 0.6 is 0 Å². The molecule has 0 atom stereocenters. The molecule has 1 N–H and O–H groups in total. The van der Waals surface area contributed by atoms with Gasteiger partial charge in [0.05, 0.1) is 11.2 Å². The van der Waals surface area contributed by atoms with Gasteiger partial charge in [-0.2, -0.15) is 0 Å². The minimum absolute atomic E-state index is 0.0472. The van der Waals surface area contributed by atoms with Crippen LogP contribution in [0.25, 0.3) is 21.9 Å². The van der Waals surface area contributed by atoms with Crippen molar-refractivity contribution in [2.75, 3.05) is 0 Å². The summed E-state index contributed by atoms with van der Waals surface area (Å²) in [7, 11) is 0.276. The summed E-state index contributed by atoms with van der Waals surface area (Å²) in [5, 5.41) is 12.6. The van der Waals surface area contributed by atoms with Crippen molar-refractivity contribution < 1.29 is 14.6 Å². The Morgan fingerprint density at radius 3 is 2.33 bits per heavy atom. The van der Waals surface area contributed by atoms with Crippen LogP contribution in [0.2, 0.25) is 0 Å². The summed E-state index contributed by atoms with van der Waals surface area (Å²) in [6.45, 7) is 7.19. The highest BCUT2D eigenvalue weighted by Gasteiger charge is 2.37. The van der Waals surface area contributed by atoms with Crippen molar-refractivity contribution in [3.63, 3.8) is 0 Å². The van der Waals surface area contributed by atoms with Gasteiger partial charge in [0, 0.05) is 16.7 Å². The molecule has 0 heterocycles. The van der Waals surface area contributed by atoms with Gasteiger partial charge in [-0.25, -0.2) is 0 Å². The summed E-state index contributed by atoms with van der Waals surface area (Å²) in [6, 6.07) is 18.0. The van der Waals surface area contributed by atoms with E-state index in [1.54, 1.807) is 13.8 Å². The van der Waals surface area contributed by atoms with Crippen LogP contribution in [0.4, 0.5) is 0 Å². The average Bonchev–Trinajstić information content (AvgIpc) is 2.93. The maximum atomic E-state index is 13.2. The summed E-state index contributed by atoms with van der Waals surface area (Å²) < 4.78 is 6.04. The van der Waals surface area contributed by atoms with Gasteiger partial charge < -0.3 is 9.76 Å². The fraction of sp³-hybridized carbons (Fsp3) is 0.261. The first-order valence-corrected chi connectivity index (χ1v) is 9.26. The smallest absolute Gasteiger partial charge is 0.310 e. The lowest BCUT2D eigenvalue weighted by Gasteiger charge is -2.37. The van der Waals surface area contributed by atoms with Gasteiger partial charge in [0.15, 0.2) is 5.78 Å². The minimum Gasteiger partial charge on any atom is -0.427 e. The molecule has 27 heavy (non-hydrogen) atoms. The largest absolute Gasteiger partial charge is 0.427 e. The number of benzene rings is 3. The van der Waals surface area contributed by atoms with Crippen LogP contribution in [-0.4, -0.2) is 29.6 Å². The van der Waals surface area contributed by atoms with Crippen LogP contribution in [-0.2, 0) is 4.65 Å². The van der Waals surface area contributed by atoms with E-state index >= 15 is 0 Å². The van der Waals surface area contributed by atoms with Crippen molar-refractivity contribution in [3.05, 3.63) is 65.7 Å². The molecule has 136 valence electrons. The van der Waals surface area contributed by atoms with Crippen LogP contribution < -0.4 is 5.46 Å². The van der Waals surface area contributed by atoms with Gasteiger partial charge in [0.2, 0.25) is 0 Å². The number of carbonyl (C=O) groups excluding carboxylic acids is 1. The molecular formula is C23H23BO3. The number of aliphatic hydroxyl groups is 1. The van der Waals surface area contributed by atoms with Crippen molar-refractivity contribution in [2.45, 2.75) is 38.9 Å². The first kappa shape index (κ1) is 18.0. The molecular weight excluding hydrogens is 335 g/mol. The normalized spacial score (nSPS) is 13.6. The Hall–Kier alpha value is -2.43. The Labute approximate surface area is 160 Å². The van der Waals surface area contributed by atoms with E-state index in [4.69, 9.17) is 4.65 Å². The highest BCUT2D eigenvalue weighted by molar-refractivity contribution is 6.51. The third-order valence-corrected chi connectivity index (χ3v) is 5.88. The van der Waals surface area contributed by atoms with Gasteiger partial charge in [-0.3, -0.25) is 4.79 Å². The molecule has 0 saturated heterocycles. The van der Waals surface area contributed by atoms with Gasteiger partial charge in [-0.05, 0) is 55.6 Å². The van der Waals surface area contributed by atoms with E-state index in [-0.39, 0.29) is 13.3 Å². The topological polar surface area (TPSA) is 46.5 Å². The Kier molecular flexibility index (Phi) is 4.02. The first-order valence-electron chi connectivity index (χ1n) is 9.26. The van der Waals surface area contributed by atoms with Gasteiger partial charge in [-0.1, -0.05) is 48.5 Å². The zero-order chi connectivity index (χ0) is 19.4. The molecule has 0 aromatic heterocycles. The molecule has 0 spiro atoms. The van der Waals surface area contributed by atoms with Crippen LogP contribution in [0.15, 0.2) is 54.6 Å². The first-order chi connectivity index (χ1) is 12.7. The number of hydrogen-bond acceptors (Lipinski definition) is 3.